The maximum Gasteiger partial charge on any atom is 0.269 e. The van der Waals surface area contributed by atoms with E-state index in [1.807, 2.05) is 36.4 Å². The van der Waals surface area contributed by atoms with Gasteiger partial charge >= 0.3 is 0 Å². The molecule has 46 heavy (non-hydrogen) atoms. The van der Waals surface area contributed by atoms with Crippen LogP contribution in [0.4, 0.5) is 17.1 Å². The zero-order valence-corrected chi connectivity index (χ0v) is 26.0. The number of hydrogen-bond donors (Lipinski definition) is 2. The number of nitrogens with two attached hydrogens (primary N) is 1. The molecular weight excluding hydrogens is 606 g/mol. The lowest BCUT2D eigenvalue weighted by Gasteiger charge is -2.36. The molecule has 5 rings (SSSR count). The van der Waals surface area contributed by atoms with Gasteiger partial charge in [-0.05, 0) is 58.7 Å². The van der Waals surface area contributed by atoms with Crippen molar-refractivity contribution in [3.8, 4) is 0 Å². The number of carbonyl (C=O) groups excluding carboxylic acids is 2. The maximum absolute atomic E-state index is 14.3. The van der Waals surface area contributed by atoms with Crippen LogP contribution in [0, 0.1) is 10.1 Å². The van der Waals surface area contributed by atoms with Crippen molar-refractivity contribution in [2.75, 3.05) is 42.9 Å². The smallest absolute Gasteiger partial charge is 0.269 e. The van der Waals surface area contributed by atoms with E-state index in [2.05, 4.69) is 21.7 Å². The number of fused-ring (bicyclic) bond motifs is 1. The molecule has 3 N–H and O–H groups in total. The zero-order valence-electron chi connectivity index (χ0n) is 25.2. The van der Waals surface area contributed by atoms with E-state index >= 15 is 0 Å². The van der Waals surface area contributed by atoms with Crippen molar-refractivity contribution >= 4 is 49.5 Å². The van der Waals surface area contributed by atoms with Gasteiger partial charge in [-0.15, -0.1) is 6.58 Å². The van der Waals surface area contributed by atoms with Crippen LogP contribution in [0.2, 0.25) is 0 Å². The average Bonchev–Trinajstić information content (AvgIpc) is 3.04. The lowest BCUT2D eigenvalue weighted by atomic mass is 10.1. The van der Waals surface area contributed by atoms with Gasteiger partial charge in [-0.2, -0.15) is 0 Å². The second-order valence-corrected chi connectivity index (χ2v) is 13.2. The minimum Gasteiger partial charge on any atom is -0.369 e. The van der Waals surface area contributed by atoms with Gasteiger partial charge in [0.15, 0.2) is 9.84 Å². The van der Waals surface area contributed by atoms with Gasteiger partial charge in [-0.25, -0.2) is 8.42 Å². The van der Waals surface area contributed by atoms with Crippen LogP contribution in [0.5, 0.6) is 0 Å². The maximum atomic E-state index is 14.3. The van der Waals surface area contributed by atoms with Gasteiger partial charge in [0.25, 0.3) is 5.69 Å². The molecule has 238 valence electrons. The van der Waals surface area contributed by atoms with Crippen LogP contribution >= 0.6 is 0 Å². The number of hydrogen-bond acceptors (Lipinski definition) is 8. The molecule has 0 aromatic heterocycles. The number of piperazine rings is 1. The molecule has 0 saturated carbocycles. The molecule has 0 bridgehead atoms. The lowest BCUT2D eigenvalue weighted by Crippen LogP contribution is -2.47. The zero-order chi connectivity index (χ0) is 32.8. The third kappa shape index (κ3) is 7.24. The van der Waals surface area contributed by atoms with Crippen molar-refractivity contribution in [1.82, 2.24) is 4.90 Å². The second kappa shape index (κ2) is 13.9. The second-order valence-electron chi connectivity index (χ2n) is 11.1. The minimum absolute atomic E-state index is 0.0361. The predicted molar refractivity (Wildman–Crippen MR) is 178 cm³/mol. The molecule has 0 spiro atoms. The first-order valence-electron chi connectivity index (χ1n) is 14.8. The van der Waals surface area contributed by atoms with E-state index < -0.39 is 38.2 Å². The van der Waals surface area contributed by atoms with E-state index in [0.717, 1.165) is 16.5 Å². The van der Waals surface area contributed by atoms with Crippen molar-refractivity contribution in [3.05, 3.63) is 119 Å². The number of nitro groups is 1. The molecule has 0 aliphatic carbocycles. The highest BCUT2D eigenvalue weighted by Gasteiger charge is 2.31. The number of anilines is 2. The van der Waals surface area contributed by atoms with Gasteiger partial charge in [0.1, 0.15) is 11.7 Å². The van der Waals surface area contributed by atoms with E-state index in [0.29, 0.717) is 56.0 Å². The highest BCUT2D eigenvalue weighted by Crippen LogP contribution is 2.36. The first-order chi connectivity index (χ1) is 22.1. The Bertz CT molecular complexity index is 1890. The standard InChI is InChI=1S/C34H35N5O6S/c1-2-31(26-11-10-24-6-3-4-7-25(24)22-26)46(44,45)32-9-5-8-30(36-34(41)23-33(35)40)29(32)16-17-37-18-20-38(21-19-37)27-12-14-28(15-13-27)39(42)43/h2-15,22,31H,1,16-21,23H2,(H2,35,40)(H,36,41). The monoisotopic (exact) mass is 641 g/mol. The summed E-state index contributed by atoms with van der Waals surface area (Å²) in [6, 6.07) is 24.4. The molecule has 1 atom stereocenters. The Balaban J connectivity index is 1.40. The first kappa shape index (κ1) is 32.3. The lowest BCUT2D eigenvalue weighted by molar-refractivity contribution is -0.384. The number of non-ortho nitro benzene ring substituents is 1. The van der Waals surface area contributed by atoms with Gasteiger partial charge in [0, 0.05) is 56.2 Å². The summed E-state index contributed by atoms with van der Waals surface area (Å²) in [5, 5.41) is 14.6. The van der Waals surface area contributed by atoms with E-state index in [-0.39, 0.29) is 10.6 Å². The van der Waals surface area contributed by atoms with Gasteiger partial charge in [-0.1, -0.05) is 48.5 Å². The minimum atomic E-state index is -4.03. The van der Waals surface area contributed by atoms with Crippen LogP contribution in [0.25, 0.3) is 10.8 Å². The van der Waals surface area contributed by atoms with Crippen LogP contribution in [0.1, 0.15) is 22.8 Å². The number of benzene rings is 4. The molecule has 1 aliphatic rings. The number of sulfone groups is 1. The van der Waals surface area contributed by atoms with Gasteiger partial charge in [0.2, 0.25) is 11.8 Å². The summed E-state index contributed by atoms with van der Waals surface area (Å²) in [4.78, 5) is 39.0. The number of carbonyl (C=O) groups is 2. The third-order valence-electron chi connectivity index (χ3n) is 8.17. The summed E-state index contributed by atoms with van der Waals surface area (Å²) < 4.78 is 28.7. The molecule has 1 unspecified atom stereocenters. The Labute approximate surface area is 267 Å². The van der Waals surface area contributed by atoms with Crippen molar-refractivity contribution < 1.29 is 22.9 Å². The fourth-order valence-electron chi connectivity index (χ4n) is 5.81. The molecule has 1 saturated heterocycles. The molecular formula is C34H35N5O6S. The van der Waals surface area contributed by atoms with E-state index in [1.165, 1.54) is 18.2 Å². The van der Waals surface area contributed by atoms with Crippen molar-refractivity contribution in [2.24, 2.45) is 5.73 Å². The van der Waals surface area contributed by atoms with Crippen LogP contribution < -0.4 is 16.0 Å². The Kier molecular flexibility index (Phi) is 9.78. The van der Waals surface area contributed by atoms with Gasteiger partial charge in [-0.3, -0.25) is 24.6 Å². The fourth-order valence-corrected chi connectivity index (χ4v) is 7.66. The highest BCUT2D eigenvalue weighted by molar-refractivity contribution is 7.92. The number of nitrogens with one attached hydrogen (secondary N) is 1. The molecule has 11 nitrogen and oxygen atoms in total. The Morgan fingerprint density at radius 1 is 0.957 bits per heavy atom. The molecule has 1 aliphatic heterocycles. The number of nitro benzene ring substituents is 1. The fraction of sp³-hybridized carbons (Fsp3) is 0.235. The molecule has 0 radical (unpaired) electrons. The summed E-state index contributed by atoms with van der Waals surface area (Å²) >= 11 is 0. The third-order valence-corrected chi connectivity index (χ3v) is 10.3. The molecule has 4 aromatic carbocycles. The predicted octanol–water partition coefficient (Wildman–Crippen LogP) is 4.63. The number of rotatable bonds is 12. The summed E-state index contributed by atoms with van der Waals surface area (Å²) in [5.74, 6) is -1.42. The normalized spacial score (nSPS) is 14.5. The van der Waals surface area contributed by atoms with Crippen LogP contribution in [-0.2, 0) is 25.8 Å². The topological polar surface area (TPSA) is 156 Å². The van der Waals surface area contributed by atoms with Crippen LogP contribution in [0.15, 0.2) is 102 Å². The largest absolute Gasteiger partial charge is 0.369 e. The van der Waals surface area contributed by atoms with Gasteiger partial charge in [0.05, 0.1) is 9.82 Å². The van der Waals surface area contributed by atoms with Crippen LogP contribution in [-0.4, -0.2) is 62.8 Å². The first-order valence-corrected chi connectivity index (χ1v) is 16.4. The number of amides is 2. The molecule has 4 aromatic rings. The summed E-state index contributed by atoms with van der Waals surface area (Å²) in [7, 11) is -4.03. The number of primary amides is 1. The Hall–Kier alpha value is -5.07. The van der Waals surface area contributed by atoms with Gasteiger partial charge < -0.3 is 16.0 Å². The average molecular weight is 642 g/mol. The molecule has 12 heteroatoms. The Morgan fingerprint density at radius 2 is 1.65 bits per heavy atom. The van der Waals surface area contributed by atoms with E-state index in [4.69, 9.17) is 5.73 Å². The summed E-state index contributed by atoms with van der Waals surface area (Å²) in [6.07, 6.45) is 1.19. The van der Waals surface area contributed by atoms with Crippen molar-refractivity contribution in [3.63, 3.8) is 0 Å². The van der Waals surface area contributed by atoms with E-state index in [9.17, 15) is 28.1 Å². The SMILES string of the molecule is C=CC(c1ccc2ccccc2c1)S(=O)(=O)c1cccc(NC(=O)CC(N)=O)c1CCN1CCN(c2ccc([N+](=O)[O-])cc2)CC1. The number of nitrogens with zero attached hydrogens (tertiary/aromatic N) is 3. The molecule has 1 fully saturated rings. The van der Waals surface area contributed by atoms with E-state index in [1.54, 1.807) is 36.4 Å². The highest BCUT2D eigenvalue weighted by atomic mass is 32.2. The van der Waals surface area contributed by atoms with Crippen LogP contribution in [0.3, 0.4) is 0 Å². The summed E-state index contributed by atoms with van der Waals surface area (Å²) in [6.45, 7) is 7.10. The molecule has 1 heterocycles. The quantitative estimate of drug-likeness (QED) is 0.0982. The van der Waals surface area contributed by atoms with Crippen molar-refractivity contribution in [1.29, 1.82) is 0 Å². The summed E-state index contributed by atoms with van der Waals surface area (Å²) in [5.41, 5.74) is 7.47. The Morgan fingerprint density at radius 3 is 2.30 bits per heavy atom. The molecule has 2 amide bonds. The van der Waals surface area contributed by atoms with Crippen molar-refractivity contribution in [2.45, 2.75) is 23.0 Å².